The van der Waals surface area contributed by atoms with Crippen molar-refractivity contribution in [3.8, 4) is 5.75 Å². The zero-order chi connectivity index (χ0) is 15.5. The highest BCUT2D eigenvalue weighted by Crippen LogP contribution is 2.22. The summed E-state index contributed by atoms with van der Waals surface area (Å²) in [4.78, 5) is 14.1. The van der Waals surface area contributed by atoms with Gasteiger partial charge in [-0.25, -0.2) is 4.39 Å². The summed E-state index contributed by atoms with van der Waals surface area (Å²) >= 11 is 0. The van der Waals surface area contributed by atoms with Gasteiger partial charge in [-0.1, -0.05) is 18.2 Å². The monoisotopic (exact) mass is 287 g/mol. The summed E-state index contributed by atoms with van der Waals surface area (Å²) in [6, 6.07) is 15.0. The number of rotatable bonds is 4. The minimum Gasteiger partial charge on any atom is -0.478 e. The maximum atomic E-state index is 12.9. The standard InChI is InChI=1S/C17H18FNO2/c1-17(2,21-15-11-9-13(18)10-12-15)16(20)19(3)14-7-5-4-6-8-14/h4-12H,1-3H3. The first-order valence-electron chi connectivity index (χ1n) is 6.68. The van der Waals surface area contributed by atoms with Gasteiger partial charge in [0.2, 0.25) is 0 Å². The second-order valence-corrected chi connectivity index (χ2v) is 5.27. The van der Waals surface area contributed by atoms with Gasteiger partial charge in [-0.05, 0) is 50.2 Å². The van der Waals surface area contributed by atoms with Crippen LogP contribution in [0.15, 0.2) is 54.6 Å². The van der Waals surface area contributed by atoms with Crippen molar-refractivity contribution < 1.29 is 13.9 Å². The van der Waals surface area contributed by atoms with E-state index in [-0.39, 0.29) is 11.7 Å². The molecule has 2 aromatic rings. The minimum absolute atomic E-state index is 0.182. The lowest BCUT2D eigenvalue weighted by Crippen LogP contribution is -2.47. The zero-order valence-corrected chi connectivity index (χ0v) is 12.3. The summed E-state index contributed by atoms with van der Waals surface area (Å²) in [5.41, 5.74) is -0.263. The molecule has 0 heterocycles. The van der Waals surface area contributed by atoms with Crippen molar-refractivity contribution >= 4 is 11.6 Å². The van der Waals surface area contributed by atoms with Gasteiger partial charge in [0.05, 0.1) is 0 Å². The number of nitrogens with zero attached hydrogens (tertiary/aromatic N) is 1. The molecule has 0 unspecified atom stereocenters. The van der Waals surface area contributed by atoms with Crippen LogP contribution in [0.25, 0.3) is 0 Å². The third-order valence-electron chi connectivity index (χ3n) is 3.15. The smallest absolute Gasteiger partial charge is 0.270 e. The molecule has 0 atom stereocenters. The number of carbonyl (C=O) groups is 1. The molecule has 0 radical (unpaired) electrons. The molecule has 2 aromatic carbocycles. The van der Waals surface area contributed by atoms with Crippen molar-refractivity contribution in [1.29, 1.82) is 0 Å². The number of para-hydroxylation sites is 1. The molecular formula is C17H18FNO2. The third-order valence-corrected chi connectivity index (χ3v) is 3.15. The molecule has 0 aromatic heterocycles. The number of hydrogen-bond acceptors (Lipinski definition) is 2. The van der Waals surface area contributed by atoms with Crippen LogP contribution in [-0.2, 0) is 4.79 Å². The number of hydrogen-bond donors (Lipinski definition) is 0. The molecule has 0 aliphatic carbocycles. The molecule has 0 N–H and O–H groups in total. The van der Waals surface area contributed by atoms with Crippen molar-refractivity contribution in [3.05, 3.63) is 60.4 Å². The second-order valence-electron chi connectivity index (χ2n) is 5.27. The van der Waals surface area contributed by atoms with E-state index in [0.717, 1.165) is 5.69 Å². The highest BCUT2D eigenvalue weighted by molar-refractivity contribution is 5.98. The number of halogens is 1. The fourth-order valence-corrected chi connectivity index (χ4v) is 2.01. The molecular weight excluding hydrogens is 269 g/mol. The average Bonchev–Trinajstić information content (AvgIpc) is 2.49. The number of amides is 1. The Morgan fingerprint density at radius 2 is 1.62 bits per heavy atom. The topological polar surface area (TPSA) is 29.5 Å². The molecule has 0 aliphatic heterocycles. The van der Waals surface area contributed by atoms with Crippen molar-refractivity contribution in [1.82, 2.24) is 0 Å². The Hall–Kier alpha value is -2.36. The van der Waals surface area contributed by atoms with Crippen LogP contribution in [0.4, 0.5) is 10.1 Å². The molecule has 0 saturated heterocycles. The largest absolute Gasteiger partial charge is 0.478 e. The van der Waals surface area contributed by atoms with Crippen molar-refractivity contribution in [2.24, 2.45) is 0 Å². The van der Waals surface area contributed by atoms with Crippen LogP contribution in [-0.4, -0.2) is 18.6 Å². The Labute approximate surface area is 124 Å². The number of likely N-dealkylation sites (N-methyl/N-ethyl adjacent to an activating group) is 1. The SMILES string of the molecule is CN(C(=O)C(C)(C)Oc1ccc(F)cc1)c1ccccc1. The van der Waals surface area contributed by atoms with Crippen LogP contribution in [0.5, 0.6) is 5.75 Å². The number of anilines is 1. The van der Waals surface area contributed by atoms with Gasteiger partial charge in [-0.15, -0.1) is 0 Å². The van der Waals surface area contributed by atoms with Crippen LogP contribution in [0.2, 0.25) is 0 Å². The predicted molar refractivity (Wildman–Crippen MR) is 81.0 cm³/mol. The van der Waals surface area contributed by atoms with E-state index in [9.17, 15) is 9.18 Å². The van der Waals surface area contributed by atoms with Gasteiger partial charge >= 0.3 is 0 Å². The lowest BCUT2D eigenvalue weighted by molar-refractivity contribution is -0.131. The minimum atomic E-state index is -1.05. The Kier molecular flexibility index (Phi) is 4.26. The highest BCUT2D eigenvalue weighted by atomic mass is 19.1. The van der Waals surface area contributed by atoms with E-state index < -0.39 is 5.60 Å². The molecule has 4 heteroatoms. The van der Waals surface area contributed by atoms with Crippen LogP contribution in [0.3, 0.4) is 0 Å². The maximum absolute atomic E-state index is 12.9. The summed E-state index contributed by atoms with van der Waals surface area (Å²) in [6.07, 6.45) is 0. The van der Waals surface area contributed by atoms with Gasteiger partial charge < -0.3 is 9.64 Å². The number of benzene rings is 2. The number of ether oxygens (including phenoxy) is 1. The predicted octanol–water partition coefficient (Wildman–Crippen LogP) is 3.65. The van der Waals surface area contributed by atoms with E-state index in [2.05, 4.69) is 0 Å². The molecule has 0 spiro atoms. The molecule has 0 fully saturated rings. The second kappa shape index (κ2) is 5.95. The summed E-state index contributed by atoms with van der Waals surface area (Å²) in [5.74, 6) is -0.0675. The van der Waals surface area contributed by atoms with Crippen LogP contribution < -0.4 is 9.64 Å². The van der Waals surface area contributed by atoms with Crippen LogP contribution >= 0.6 is 0 Å². The Balaban J connectivity index is 2.14. The average molecular weight is 287 g/mol. The van der Waals surface area contributed by atoms with Crippen molar-refractivity contribution in [2.45, 2.75) is 19.4 Å². The maximum Gasteiger partial charge on any atom is 0.270 e. The first-order chi connectivity index (χ1) is 9.90. The van der Waals surface area contributed by atoms with Crippen LogP contribution in [0.1, 0.15) is 13.8 Å². The molecule has 0 bridgehead atoms. The quantitative estimate of drug-likeness (QED) is 0.859. The summed E-state index contributed by atoms with van der Waals surface area (Å²) in [6.45, 7) is 3.39. The lowest BCUT2D eigenvalue weighted by Gasteiger charge is -2.30. The van der Waals surface area contributed by atoms with Gasteiger partial charge in [0.25, 0.3) is 5.91 Å². The van der Waals surface area contributed by atoms with E-state index in [1.54, 1.807) is 25.8 Å². The van der Waals surface area contributed by atoms with E-state index in [1.807, 2.05) is 30.3 Å². The summed E-state index contributed by atoms with van der Waals surface area (Å²) in [5, 5.41) is 0. The normalized spacial score (nSPS) is 11.0. The molecule has 1 amide bonds. The first kappa shape index (κ1) is 15.0. The van der Waals surface area contributed by atoms with Gasteiger partial charge in [0.1, 0.15) is 11.6 Å². The van der Waals surface area contributed by atoms with E-state index in [1.165, 1.54) is 24.3 Å². The fraction of sp³-hybridized carbons (Fsp3) is 0.235. The molecule has 0 aliphatic rings. The summed E-state index contributed by atoms with van der Waals surface area (Å²) in [7, 11) is 1.70. The Bertz CT molecular complexity index is 608. The lowest BCUT2D eigenvalue weighted by atomic mass is 10.1. The Morgan fingerprint density at radius 3 is 2.19 bits per heavy atom. The van der Waals surface area contributed by atoms with Crippen molar-refractivity contribution in [3.63, 3.8) is 0 Å². The van der Waals surface area contributed by atoms with E-state index >= 15 is 0 Å². The van der Waals surface area contributed by atoms with Gasteiger partial charge in [-0.3, -0.25) is 4.79 Å². The van der Waals surface area contributed by atoms with Crippen molar-refractivity contribution in [2.75, 3.05) is 11.9 Å². The highest BCUT2D eigenvalue weighted by Gasteiger charge is 2.33. The molecule has 21 heavy (non-hydrogen) atoms. The van der Waals surface area contributed by atoms with E-state index in [0.29, 0.717) is 5.75 Å². The number of carbonyl (C=O) groups excluding carboxylic acids is 1. The van der Waals surface area contributed by atoms with Gasteiger partial charge in [0.15, 0.2) is 5.60 Å². The summed E-state index contributed by atoms with van der Waals surface area (Å²) < 4.78 is 18.6. The van der Waals surface area contributed by atoms with E-state index in [4.69, 9.17) is 4.74 Å². The molecule has 0 saturated carbocycles. The zero-order valence-electron chi connectivity index (χ0n) is 12.3. The Morgan fingerprint density at radius 1 is 1.05 bits per heavy atom. The molecule has 3 nitrogen and oxygen atoms in total. The molecule has 2 rings (SSSR count). The van der Waals surface area contributed by atoms with Crippen LogP contribution in [0, 0.1) is 5.82 Å². The van der Waals surface area contributed by atoms with Gasteiger partial charge in [-0.2, -0.15) is 0 Å². The first-order valence-corrected chi connectivity index (χ1v) is 6.68. The fourth-order valence-electron chi connectivity index (χ4n) is 2.01. The van der Waals surface area contributed by atoms with Gasteiger partial charge in [0, 0.05) is 12.7 Å². The molecule has 110 valence electrons. The third kappa shape index (κ3) is 3.60.